The first-order chi connectivity index (χ1) is 9.85. The average molecular weight is 296 g/mol. The fourth-order valence-corrected chi connectivity index (χ4v) is 1.48. The van der Waals surface area contributed by atoms with E-state index >= 15 is 0 Å². The van der Waals surface area contributed by atoms with Gasteiger partial charge in [0.1, 0.15) is 0 Å². The number of ether oxygens (including phenoxy) is 1. The lowest BCUT2D eigenvalue weighted by Gasteiger charge is -2.15. The summed E-state index contributed by atoms with van der Waals surface area (Å²) in [5.74, 6) is -1.89. The lowest BCUT2D eigenvalue weighted by molar-refractivity contribution is -0.126. The number of urea groups is 1. The summed E-state index contributed by atoms with van der Waals surface area (Å²) >= 11 is 0. The molecular weight excluding hydrogens is 279 g/mol. The highest BCUT2D eigenvalue weighted by Crippen LogP contribution is 2.20. The summed E-state index contributed by atoms with van der Waals surface area (Å²) in [6, 6.07) is 3.05. The zero-order valence-electron chi connectivity index (χ0n) is 12.0. The van der Waals surface area contributed by atoms with Crippen LogP contribution < -0.4 is 15.4 Å². The van der Waals surface area contributed by atoms with E-state index in [2.05, 4.69) is 10.6 Å². The molecule has 0 radical (unpaired) electrons. The highest BCUT2D eigenvalue weighted by molar-refractivity contribution is 5.96. The SMILES string of the molecule is CCNC(=O)NC(=O)C(C)Oc1ccc(C(C)=O)cc1F. The first-order valence-corrected chi connectivity index (χ1v) is 6.41. The standard InChI is InChI=1S/C14H17FN2O4/c1-4-16-14(20)17-13(19)9(3)21-12-6-5-10(8(2)18)7-11(12)15/h5-7,9H,4H2,1-3H3,(H2,16,17,19,20). The van der Waals surface area contributed by atoms with Gasteiger partial charge in [-0.05, 0) is 39.0 Å². The second-order valence-electron chi connectivity index (χ2n) is 4.31. The number of Topliss-reactive ketones (excluding diaryl/α,β-unsaturated/α-hetero) is 1. The first kappa shape index (κ1) is 16.6. The van der Waals surface area contributed by atoms with Crippen LogP contribution in [-0.4, -0.2) is 30.4 Å². The predicted octanol–water partition coefficient (Wildman–Crippen LogP) is 1.64. The lowest BCUT2D eigenvalue weighted by Crippen LogP contribution is -2.45. The van der Waals surface area contributed by atoms with Crippen LogP contribution in [0.2, 0.25) is 0 Å². The molecule has 1 aromatic rings. The van der Waals surface area contributed by atoms with E-state index in [1.807, 2.05) is 0 Å². The Morgan fingerprint density at radius 1 is 1.33 bits per heavy atom. The van der Waals surface area contributed by atoms with Gasteiger partial charge in [0.25, 0.3) is 5.91 Å². The van der Waals surface area contributed by atoms with Crippen molar-refractivity contribution in [3.8, 4) is 5.75 Å². The van der Waals surface area contributed by atoms with Crippen LogP contribution in [0, 0.1) is 5.82 Å². The number of amides is 3. The molecule has 0 bridgehead atoms. The summed E-state index contributed by atoms with van der Waals surface area (Å²) in [4.78, 5) is 33.9. The van der Waals surface area contributed by atoms with Crippen LogP contribution in [0.15, 0.2) is 18.2 Å². The molecule has 2 N–H and O–H groups in total. The van der Waals surface area contributed by atoms with Crippen LogP contribution in [0.4, 0.5) is 9.18 Å². The third kappa shape index (κ3) is 4.87. The van der Waals surface area contributed by atoms with E-state index in [0.29, 0.717) is 6.54 Å². The molecule has 0 aliphatic rings. The molecule has 0 saturated heterocycles. The minimum Gasteiger partial charge on any atom is -0.478 e. The summed E-state index contributed by atoms with van der Waals surface area (Å²) in [6.07, 6.45) is -1.06. The number of imide groups is 1. The summed E-state index contributed by atoms with van der Waals surface area (Å²) in [6.45, 7) is 4.77. The monoisotopic (exact) mass is 296 g/mol. The van der Waals surface area contributed by atoms with Gasteiger partial charge in [-0.25, -0.2) is 9.18 Å². The molecule has 21 heavy (non-hydrogen) atoms. The molecule has 0 saturated carbocycles. The quantitative estimate of drug-likeness (QED) is 0.809. The number of carbonyl (C=O) groups excluding carboxylic acids is 3. The van der Waals surface area contributed by atoms with Crippen molar-refractivity contribution in [3.05, 3.63) is 29.6 Å². The van der Waals surface area contributed by atoms with Gasteiger partial charge in [0.2, 0.25) is 0 Å². The lowest BCUT2D eigenvalue weighted by atomic mass is 10.1. The Labute approximate surface area is 121 Å². The highest BCUT2D eigenvalue weighted by atomic mass is 19.1. The van der Waals surface area contributed by atoms with Crippen LogP contribution in [-0.2, 0) is 4.79 Å². The molecule has 0 spiro atoms. The van der Waals surface area contributed by atoms with Gasteiger partial charge in [-0.15, -0.1) is 0 Å². The Kier molecular flexibility index (Phi) is 5.83. The molecule has 1 unspecified atom stereocenters. The van der Waals surface area contributed by atoms with Crippen molar-refractivity contribution in [1.29, 1.82) is 0 Å². The van der Waals surface area contributed by atoms with E-state index < -0.39 is 23.9 Å². The maximum atomic E-state index is 13.7. The van der Waals surface area contributed by atoms with Crippen molar-refractivity contribution >= 4 is 17.7 Å². The number of hydrogen-bond donors (Lipinski definition) is 2. The molecule has 1 atom stereocenters. The highest BCUT2D eigenvalue weighted by Gasteiger charge is 2.19. The Hall–Kier alpha value is -2.44. The second-order valence-corrected chi connectivity index (χ2v) is 4.31. The van der Waals surface area contributed by atoms with E-state index in [0.717, 1.165) is 6.07 Å². The number of nitrogens with one attached hydrogen (secondary N) is 2. The summed E-state index contributed by atoms with van der Waals surface area (Å²) in [7, 11) is 0. The van der Waals surface area contributed by atoms with E-state index in [9.17, 15) is 18.8 Å². The van der Waals surface area contributed by atoms with E-state index in [1.165, 1.54) is 26.0 Å². The molecule has 7 heteroatoms. The van der Waals surface area contributed by atoms with E-state index in [-0.39, 0.29) is 17.1 Å². The normalized spacial score (nSPS) is 11.4. The van der Waals surface area contributed by atoms with Gasteiger partial charge in [0, 0.05) is 12.1 Å². The topological polar surface area (TPSA) is 84.5 Å². The fourth-order valence-electron chi connectivity index (χ4n) is 1.48. The second kappa shape index (κ2) is 7.37. The van der Waals surface area contributed by atoms with Gasteiger partial charge < -0.3 is 10.1 Å². The number of rotatable bonds is 5. The summed E-state index contributed by atoms with van der Waals surface area (Å²) in [5.41, 5.74) is 0.208. The van der Waals surface area contributed by atoms with Crippen molar-refractivity contribution in [1.82, 2.24) is 10.6 Å². The van der Waals surface area contributed by atoms with Crippen molar-refractivity contribution in [2.24, 2.45) is 0 Å². The van der Waals surface area contributed by atoms with Gasteiger partial charge in [-0.2, -0.15) is 0 Å². The smallest absolute Gasteiger partial charge is 0.321 e. The van der Waals surface area contributed by atoms with Crippen LogP contribution in [0.1, 0.15) is 31.1 Å². The number of hydrogen-bond acceptors (Lipinski definition) is 4. The van der Waals surface area contributed by atoms with Crippen molar-refractivity contribution < 1.29 is 23.5 Å². The summed E-state index contributed by atoms with van der Waals surface area (Å²) in [5, 5.41) is 4.45. The Bertz CT molecular complexity index is 560. The fraction of sp³-hybridized carbons (Fsp3) is 0.357. The van der Waals surface area contributed by atoms with Crippen molar-refractivity contribution in [3.63, 3.8) is 0 Å². The number of benzene rings is 1. The van der Waals surface area contributed by atoms with Gasteiger partial charge in [-0.1, -0.05) is 0 Å². The van der Waals surface area contributed by atoms with Gasteiger partial charge in [0.15, 0.2) is 23.5 Å². The molecule has 0 heterocycles. The predicted molar refractivity (Wildman–Crippen MR) is 73.7 cm³/mol. The largest absolute Gasteiger partial charge is 0.478 e. The number of halogens is 1. The molecule has 0 fully saturated rings. The Balaban J connectivity index is 2.70. The van der Waals surface area contributed by atoms with Gasteiger partial charge in [0.05, 0.1) is 0 Å². The third-order valence-corrected chi connectivity index (χ3v) is 2.59. The number of carbonyl (C=O) groups is 3. The molecule has 1 aromatic carbocycles. The Morgan fingerprint density at radius 3 is 2.52 bits per heavy atom. The third-order valence-electron chi connectivity index (χ3n) is 2.59. The van der Waals surface area contributed by atoms with Gasteiger partial charge in [-0.3, -0.25) is 14.9 Å². The molecule has 1 rings (SSSR count). The van der Waals surface area contributed by atoms with Crippen LogP contribution in [0.25, 0.3) is 0 Å². The molecule has 114 valence electrons. The van der Waals surface area contributed by atoms with Crippen LogP contribution in [0.5, 0.6) is 5.75 Å². The summed E-state index contributed by atoms with van der Waals surface area (Å²) < 4.78 is 18.9. The number of ketones is 1. The zero-order valence-corrected chi connectivity index (χ0v) is 12.0. The molecular formula is C14H17FN2O4. The average Bonchev–Trinajstić information content (AvgIpc) is 2.40. The maximum Gasteiger partial charge on any atom is 0.321 e. The van der Waals surface area contributed by atoms with Crippen LogP contribution >= 0.6 is 0 Å². The van der Waals surface area contributed by atoms with E-state index in [1.54, 1.807) is 6.92 Å². The molecule has 0 aliphatic heterocycles. The molecule has 3 amide bonds. The van der Waals surface area contributed by atoms with E-state index in [4.69, 9.17) is 4.74 Å². The molecule has 6 nitrogen and oxygen atoms in total. The van der Waals surface area contributed by atoms with Crippen LogP contribution in [0.3, 0.4) is 0 Å². The molecule has 0 aromatic heterocycles. The molecule has 0 aliphatic carbocycles. The zero-order chi connectivity index (χ0) is 16.0. The minimum absolute atomic E-state index is 0.168. The van der Waals surface area contributed by atoms with Crippen molar-refractivity contribution in [2.45, 2.75) is 26.9 Å². The first-order valence-electron chi connectivity index (χ1n) is 6.41. The Morgan fingerprint density at radius 2 is 2.00 bits per heavy atom. The van der Waals surface area contributed by atoms with Crippen molar-refractivity contribution in [2.75, 3.05) is 6.54 Å². The minimum atomic E-state index is -1.06. The maximum absolute atomic E-state index is 13.7. The van der Waals surface area contributed by atoms with Gasteiger partial charge >= 0.3 is 6.03 Å².